The van der Waals surface area contributed by atoms with Crippen molar-refractivity contribution in [2.45, 2.75) is 39.8 Å². The molecular weight excluding hydrogens is 328 g/mol. The van der Waals surface area contributed by atoms with Gasteiger partial charge in [0.05, 0.1) is 13.2 Å². The van der Waals surface area contributed by atoms with Crippen LogP contribution in [0.4, 0.5) is 0 Å². The number of rotatable bonds is 10. The molecular formula is C20H36N4O2. The summed E-state index contributed by atoms with van der Waals surface area (Å²) >= 11 is 0. The Kier molecular flexibility index (Phi) is 10.1. The van der Waals surface area contributed by atoms with Crippen molar-refractivity contribution in [1.29, 1.82) is 0 Å². The van der Waals surface area contributed by atoms with Crippen LogP contribution in [0.3, 0.4) is 0 Å². The third kappa shape index (κ3) is 9.63. The summed E-state index contributed by atoms with van der Waals surface area (Å²) in [6.45, 7) is 13.0. The van der Waals surface area contributed by atoms with Gasteiger partial charge in [-0.05, 0) is 40.8 Å². The molecule has 2 N–H and O–H groups in total. The number of hydrogen-bond acceptors (Lipinski definition) is 4. The highest BCUT2D eigenvalue weighted by atomic mass is 16.5. The summed E-state index contributed by atoms with van der Waals surface area (Å²) in [7, 11) is 3.81. The second-order valence-electron chi connectivity index (χ2n) is 7.24. The zero-order chi connectivity index (χ0) is 19.4. The maximum Gasteiger partial charge on any atom is 0.191 e. The number of hydrogen-bond donors (Lipinski definition) is 2. The molecule has 1 aromatic rings. The van der Waals surface area contributed by atoms with Crippen LogP contribution < -0.4 is 15.4 Å². The third-order valence-corrected chi connectivity index (χ3v) is 3.60. The van der Waals surface area contributed by atoms with Crippen molar-refractivity contribution in [2.24, 2.45) is 4.99 Å². The molecule has 0 radical (unpaired) electrons. The largest absolute Gasteiger partial charge is 0.488 e. The monoisotopic (exact) mass is 364 g/mol. The SMILES string of the molecule is CCNC(=NCc1ccccc1OC(C)(C)C)NCCN(C)CCOC. The number of likely N-dealkylation sites (N-methyl/N-ethyl adjacent to an activating group) is 1. The number of aliphatic imine (C=N–C) groups is 1. The summed E-state index contributed by atoms with van der Waals surface area (Å²) in [4.78, 5) is 6.93. The van der Waals surface area contributed by atoms with Gasteiger partial charge in [-0.15, -0.1) is 0 Å². The predicted octanol–water partition coefficient (Wildman–Crippen LogP) is 2.50. The van der Waals surface area contributed by atoms with Crippen molar-refractivity contribution in [2.75, 3.05) is 46.9 Å². The number of benzene rings is 1. The molecule has 0 saturated carbocycles. The van der Waals surface area contributed by atoms with Crippen LogP contribution in [0.25, 0.3) is 0 Å². The molecule has 0 aliphatic rings. The molecule has 6 heteroatoms. The van der Waals surface area contributed by atoms with Crippen molar-refractivity contribution >= 4 is 5.96 Å². The van der Waals surface area contributed by atoms with Crippen LogP contribution in [0.1, 0.15) is 33.3 Å². The fourth-order valence-corrected chi connectivity index (χ4v) is 2.29. The van der Waals surface area contributed by atoms with E-state index in [1.54, 1.807) is 7.11 Å². The Morgan fingerprint density at radius 3 is 2.54 bits per heavy atom. The third-order valence-electron chi connectivity index (χ3n) is 3.60. The lowest BCUT2D eigenvalue weighted by Gasteiger charge is -2.23. The molecule has 0 atom stereocenters. The maximum atomic E-state index is 6.05. The van der Waals surface area contributed by atoms with Gasteiger partial charge in [0.2, 0.25) is 0 Å². The molecule has 0 fully saturated rings. The first-order valence-electron chi connectivity index (χ1n) is 9.32. The zero-order valence-corrected chi connectivity index (χ0v) is 17.3. The number of para-hydroxylation sites is 1. The van der Waals surface area contributed by atoms with E-state index in [9.17, 15) is 0 Å². The fraction of sp³-hybridized carbons (Fsp3) is 0.650. The highest BCUT2D eigenvalue weighted by molar-refractivity contribution is 5.79. The summed E-state index contributed by atoms with van der Waals surface area (Å²) in [5, 5.41) is 6.67. The molecule has 1 aromatic carbocycles. The molecule has 0 saturated heterocycles. The molecule has 0 spiro atoms. The van der Waals surface area contributed by atoms with Crippen LogP contribution >= 0.6 is 0 Å². The van der Waals surface area contributed by atoms with E-state index in [-0.39, 0.29) is 5.60 Å². The average Bonchev–Trinajstić information content (AvgIpc) is 2.57. The number of nitrogens with zero attached hydrogens (tertiary/aromatic N) is 2. The van der Waals surface area contributed by atoms with Gasteiger partial charge in [0.1, 0.15) is 11.4 Å². The smallest absolute Gasteiger partial charge is 0.191 e. The van der Waals surface area contributed by atoms with Crippen molar-refractivity contribution in [3.05, 3.63) is 29.8 Å². The van der Waals surface area contributed by atoms with E-state index in [4.69, 9.17) is 14.5 Å². The van der Waals surface area contributed by atoms with E-state index in [0.29, 0.717) is 6.54 Å². The van der Waals surface area contributed by atoms with Gasteiger partial charge in [0.25, 0.3) is 0 Å². The highest BCUT2D eigenvalue weighted by Gasteiger charge is 2.14. The summed E-state index contributed by atoms with van der Waals surface area (Å²) < 4.78 is 11.1. The summed E-state index contributed by atoms with van der Waals surface area (Å²) in [6.07, 6.45) is 0. The first-order valence-corrected chi connectivity index (χ1v) is 9.32. The van der Waals surface area contributed by atoms with E-state index in [1.807, 2.05) is 18.2 Å². The van der Waals surface area contributed by atoms with E-state index in [0.717, 1.165) is 50.1 Å². The van der Waals surface area contributed by atoms with E-state index < -0.39 is 0 Å². The van der Waals surface area contributed by atoms with Gasteiger partial charge >= 0.3 is 0 Å². The molecule has 148 valence electrons. The van der Waals surface area contributed by atoms with Gasteiger partial charge < -0.3 is 25.0 Å². The molecule has 1 rings (SSSR count). The van der Waals surface area contributed by atoms with Crippen LogP contribution in [-0.4, -0.2) is 63.4 Å². The Labute approximate surface area is 159 Å². The van der Waals surface area contributed by atoms with Gasteiger partial charge in [-0.3, -0.25) is 0 Å². The van der Waals surface area contributed by atoms with Crippen molar-refractivity contribution in [3.8, 4) is 5.75 Å². The van der Waals surface area contributed by atoms with Crippen molar-refractivity contribution in [1.82, 2.24) is 15.5 Å². The Morgan fingerprint density at radius 1 is 1.15 bits per heavy atom. The van der Waals surface area contributed by atoms with Gasteiger partial charge in [-0.1, -0.05) is 18.2 Å². The molecule has 0 aromatic heterocycles. The highest BCUT2D eigenvalue weighted by Crippen LogP contribution is 2.23. The topological polar surface area (TPSA) is 58.1 Å². The van der Waals surface area contributed by atoms with Gasteiger partial charge in [0, 0.05) is 38.9 Å². The van der Waals surface area contributed by atoms with Crippen molar-refractivity contribution < 1.29 is 9.47 Å². The zero-order valence-electron chi connectivity index (χ0n) is 17.3. The summed E-state index contributed by atoms with van der Waals surface area (Å²) in [6, 6.07) is 8.08. The minimum atomic E-state index is -0.227. The summed E-state index contributed by atoms with van der Waals surface area (Å²) in [5.74, 6) is 1.71. The lowest BCUT2D eigenvalue weighted by atomic mass is 10.1. The van der Waals surface area contributed by atoms with Gasteiger partial charge in [-0.2, -0.15) is 0 Å². The van der Waals surface area contributed by atoms with E-state index in [1.165, 1.54) is 0 Å². The normalized spacial score (nSPS) is 12.3. The van der Waals surface area contributed by atoms with Crippen molar-refractivity contribution in [3.63, 3.8) is 0 Å². The maximum absolute atomic E-state index is 6.05. The Balaban J connectivity index is 2.63. The molecule has 0 amide bonds. The molecule has 26 heavy (non-hydrogen) atoms. The number of ether oxygens (including phenoxy) is 2. The Hall–Kier alpha value is -1.79. The molecule has 0 unspecified atom stereocenters. The van der Waals surface area contributed by atoms with Crippen LogP contribution in [0.2, 0.25) is 0 Å². The lowest BCUT2D eigenvalue weighted by Crippen LogP contribution is -2.41. The molecule has 6 nitrogen and oxygen atoms in total. The van der Waals surface area contributed by atoms with Crippen LogP contribution in [0.5, 0.6) is 5.75 Å². The van der Waals surface area contributed by atoms with E-state index >= 15 is 0 Å². The van der Waals surface area contributed by atoms with Crippen LogP contribution in [-0.2, 0) is 11.3 Å². The van der Waals surface area contributed by atoms with Crippen LogP contribution in [0, 0.1) is 0 Å². The second-order valence-corrected chi connectivity index (χ2v) is 7.24. The molecule has 0 bridgehead atoms. The Morgan fingerprint density at radius 2 is 1.88 bits per heavy atom. The minimum absolute atomic E-state index is 0.227. The second kappa shape index (κ2) is 11.8. The number of methoxy groups -OCH3 is 1. The van der Waals surface area contributed by atoms with E-state index in [2.05, 4.69) is 56.3 Å². The molecule has 0 heterocycles. The standard InChI is InChI=1S/C20H36N4O2/c1-7-21-19(22-12-13-24(5)14-15-25-6)23-16-17-10-8-9-11-18(17)26-20(2,3)4/h8-11H,7,12-16H2,1-6H3,(H2,21,22,23). The molecule has 0 aliphatic heterocycles. The summed E-state index contributed by atoms with van der Waals surface area (Å²) in [5.41, 5.74) is 0.854. The number of nitrogens with one attached hydrogen (secondary N) is 2. The number of guanidine groups is 1. The average molecular weight is 365 g/mol. The first-order chi connectivity index (χ1) is 12.4. The first kappa shape index (κ1) is 22.3. The fourth-order valence-electron chi connectivity index (χ4n) is 2.29. The predicted molar refractivity (Wildman–Crippen MR) is 109 cm³/mol. The van der Waals surface area contributed by atoms with Crippen LogP contribution in [0.15, 0.2) is 29.3 Å². The van der Waals surface area contributed by atoms with Gasteiger partial charge in [-0.25, -0.2) is 4.99 Å². The Bertz CT molecular complexity index is 541. The van der Waals surface area contributed by atoms with Gasteiger partial charge in [0.15, 0.2) is 5.96 Å². The molecule has 0 aliphatic carbocycles. The lowest BCUT2D eigenvalue weighted by molar-refractivity contribution is 0.129. The minimum Gasteiger partial charge on any atom is -0.488 e. The quantitative estimate of drug-likeness (QED) is 0.493.